The molecule has 0 radical (unpaired) electrons. The standard InChI is InChI=1S/C20H11Cl2N3O4/c21-16-2-1-3-17(22)19(16)24-20(26)13(11-23)10-15-8-9-18(29-15)12-4-6-14(7-5-12)25(27)28/h1-10H,(H,24,26). The average molecular weight is 428 g/mol. The van der Waals surface area contributed by atoms with Gasteiger partial charge in [-0.2, -0.15) is 5.26 Å². The molecule has 29 heavy (non-hydrogen) atoms. The zero-order valence-electron chi connectivity index (χ0n) is 14.6. The minimum atomic E-state index is -0.698. The van der Waals surface area contributed by atoms with E-state index in [9.17, 15) is 20.2 Å². The van der Waals surface area contributed by atoms with Crippen molar-refractivity contribution in [3.63, 3.8) is 0 Å². The number of nitrogens with one attached hydrogen (secondary N) is 1. The van der Waals surface area contributed by atoms with Crippen LogP contribution in [0.4, 0.5) is 11.4 Å². The highest BCUT2D eigenvalue weighted by Gasteiger charge is 2.15. The number of non-ortho nitro benzene ring substituents is 1. The Balaban J connectivity index is 1.82. The molecule has 9 heteroatoms. The molecular formula is C20H11Cl2N3O4. The van der Waals surface area contributed by atoms with Crippen LogP contribution in [0.15, 0.2) is 64.6 Å². The molecule has 144 valence electrons. The van der Waals surface area contributed by atoms with Gasteiger partial charge in [0, 0.05) is 23.8 Å². The van der Waals surface area contributed by atoms with Gasteiger partial charge in [0.1, 0.15) is 23.2 Å². The van der Waals surface area contributed by atoms with Gasteiger partial charge in [0.15, 0.2) is 0 Å². The molecule has 0 fully saturated rings. The Morgan fingerprint density at radius 2 is 1.76 bits per heavy atom. The molecule has 1 N–H and O–H groups in total. The minimum Gasteiger partial charge on any atom is -0.457 e. The van der Waals surface area contributed by atoms with Crippen molar-refractivity contribution < 1.29 is 14.1 Å². The molecule has 1 aromatic heterocycles. The summed E-state index contributed by atoms with van der Waals surface area (Å²) in [6.07, 6.45) is 1.27. The SMILES string of the molecule is N#CC(=Cc1ccc(-c2ccc([N+](=O)[O-])cc2)o1)C(=O)Nc1c(Cl)cccc1Cl. The van der Waals surface area contributed by atoms with Gasteiger partial charge in [0.2, 0.25) is 0 Å². The van der Waals surface area contributed by atoms with E-state index in [-0.39, 0.29) is 32.8 Å². The first-order chi connectivity index (χ1) is 13.9. The minimum absolute atomic E-state index is 0.0397. The summed E-state index contributed by atoms with van der Waals surface area (Å²) in [7, 11) is 0. The molecule has 1 amide bonds. The highest BCUT2D eigenvalue weighted by atomic mass is 35.5. The first kappa shape index (κ1) is 20.1. The maximum absolute atomic E-state index is 12.4. The lowest BCUT2D eigenvalue weighted by Gasteiger charge is -2.08. The first-order valence-corrected chi connectivity index (χ1v) is 8.86. The first-order valence-electron chi connectivity index (χ1n) is 8.11. The molecule has 0 saturated heterocycles. The Morgan fingerprint density at radius 3 is 2.34 bits per heavy atom. The van der Waals surface area contributed by atoms with Gasteiger partial charge < -0.3 is 9.73 Å². The number of nitro groups is 1. The van der Waals surface area contributed by atoms with Crippen molar-refractivity contribution in [3.8, 4) is 17.4 Å². The molecule has 0 aliphatic rings. The van der Waals surface area contributed by atoms with E-state index in [0.29, 0.717) is 11.3 Å². The van der Waals surface area contributed by atoms with Gasteiger partial charge in [-0.15, -0.1) is 0 Å². The molecule has 0 spiro atoms. The van der Waals surface area contributed by atoms with Crippen LogP contribution in [0, 0.1) is 21.4 Å². The molecule has 0 aliphatic heterocycles. The zero-order chi connectivity index (χ0) is 21.0. The van der Waals surface area contributed by atoms with Gasteiger partial charge in [-0.1, -0.05) is 29.3 Å². The van der Waals surface area contributed by atoms with Crippen LogP contribution < -0.4 is 5.32 Å². The van der Waals surface area contributed by atoms with Crippen molar-refractivity contribution in [2.24, 2.45) is 0 Å². The van der Waals surface area contributed by atoms with Crippen molar-refractivity contribution in [2.45, 2.75) is 0 Å². The monoisotopic (exact) mass is 427 g/mol. The highest BCUT2D eigenvalue weighted by Crippen LogP contribution is 2.30. The highest BCUT2D eigenvalue weighted by molar-refractivity contribution is 6.40. The lowest BCUT2D eigenvalue weighted by Crippen LogP contribution is -2.14. The second kappa shape index (κ2) is 8.61. The number of halogens is 2. The average Bonchev–Trinajstić information content (AvgIpc) is 3.17. The summed E-state index contributed by atoms with van der Waals surface area (Å²) in [5, 5.41) is 23.0. The lowest BCUT2D eigenvalue weighted by atomic mass is 10.1. The number of hydrogen-bond acceptors (Lipinski definition) is 5. The number of hydrogen-bond donors (Lipinski definition) is 1. The summed E-state index contributed by atoms with van der Waals surface area (Å²) in [5.74, 6) is -0.0101. The summed E-state index contributed by atoms with van der Waals surface area (Å²) in [6.45, 7) is 0. The Bertz CT molecular complexity index is 1140. The number of rotatable bonds is 5. The predicted molar refractivity (Wildman–Crippen MR) is 109 cm³/mol. The second-order valence-corrected chi connectivity index (χ2v) is 6.54. The van der Waals surface area contributed by atoms with Crippen molar-refractivity contribution in [3.05, 3.63) is 86.1 Å². The van der Waals surface area contributed by atoms with Crippen molar-refractivity contribution in [1.82, 2.24) is 0 Å². The number of nitro benzene ring substituents is 1. The number of nitriles is 1. The predicted octanol–water partition coefficient (Wildman–Crippen LogP) is 5.71. The van der Waals surface area contributed by atoms with Crippen LogP contribution in [-0.2, 0) is 4.79 Å². The van der Waals surface area contributed by atoms with Crippen LogP contribution in [0.25, 0.3) is 17.4 Å². The molecule has 7 nitrogen and oxygen atoms in total. The molecule has 3 rings (SSSR count). The van der Waals surface area contributed by atoms with Crippen molar-refractivity contribution in [2.75, 3.05) is 5.32 Å². The summed E-state index contributed by atoms with van der Waals surface area (Å²) in [5.41, 5.74) is 0.557. The van der Waals surface area contributed by atoms with Gasteiger partial charge in [-0.05, 0) is 36.4 Å². The molecule has 0 bridgehead atoms. The van der Waals surface area contributed by atoms with Gasteiger partial charge in [-0.3, -0.25) is 14.9 Å². The third-order valence-corrected chi connectivity index (χ3v) is 4.47. The second-order valence-electron chi connectivity index (χ2n) is 5.73. The van der Waals surface area contributed by atoms with E-state index < -0.39 is 10.8 Å². The Hall–Kier alpha value is -3.60. The molecule has 0 atom stereocenters. The summed E-state index contributed by atoms with van der Waals surface area (Å²) >= 11 is 12.0. The summed E-state index contributed by atoms with van der Waals surface area (Å²) in [4.78, 5) is 22.6. The fourth-order valence-corrected chi connectivity index (χ4v) is 2.91. The molecule has 0 aliphatic carbocycles. The third kappa shape index (κ3) is 4.63. The number of carbonyl (C=O) groups is 1. The topological polar surface area (TPSA) is 109 Å². The van der Waals surface area contributed by atoms with E-state index in [1.165, 1.54) is 18.2 Å². The van der Waals surface area contributed by atoms with E-state index in [0.717, 1.165) is 0 Å². The number of anilines is 1. The fourth-order valence-electron chi connectivity index (χ4n) is 2.42. The molecule has 1 heterocycles. The molecule has 3 aromatic rings. The molecule has 0 unspecified atom stereocenters. The fraction of sp³-hybridized carbons (Fsp3) is 0. The number of para-hydroxylation sites is 1. The maximum Gasteiger partial charge on any atom is 0.269 e. The zero-order valence-corrected chi connectivity index (χ0v) is 16.1. The van der Waals surface area contributed by atoms with Gasteiger partial charge in [0.05, 0.1) is 20.7 Å². The maximum atomic E-state index is 12.4. The quantitative estimate of drug-likeness (QED) is 0.242. The van der Waals surface area contributed by atoms with Gasteiger partial charge in [-0.25, -0.2) is 0 Å². The van der Waals surface area contributed by atoms with E-state index in [1.54, 1.807) is 48.5 Å². The van der Waals surface area contributed by atoms with Crippen LogP contribution in [0.5, 0.6) is 0 Å². The number of benzene rings is 2. The van der Waals surface area contributed by atoms with Crippen LogP contribution in [0.2, 0.25) is 10.0 Å². The van der Waals surface area contributed by atoms with E-state index in [2.05, 4.69) is 5.32 Å². The van der Waals surface area contributed by atoms with E-state index in [4.69, 9.17) is 27.6 Å². The molecule has 2 aromatic carbocycles. The number of nitrogens with zero attached hydrogens (tertiary/aromatic N) is 2. The Labute approximate surface area is 174 Å². The summed E-state index contributed by atoms with van der Waals surface area (Å²) < 4.78 is 5.62. The largest absolute Gasteiger partial charge is 0.457 e. The normalized spacial score (nSPS) is 11.0. The summed E-state index contributed by atoms with van der Waals surface area (Å²) in [6, 6.07) is 15.6. The third-order valence-electron chi connectivity index (χ3n) is 3.84. The van der Waals surface area contributed by atoms with Gasteiger partial charge >= 0.3 is 0 Å². The lowest BCUT2D eigenvalue weighted by molar-refractivity contribution is -0.384. The van der Waals surface area contributed by atoms with E-state index >= 15 is 0 Å². The van der Waals surface area contributed by atoms with Crippen LogP contribution in [0.1, 0.15) is 5.76 Å². The molecular weight excluding hydrogens is 417 g/mol. The van der Waals surface area contributed by atoms with Crippen LogP contribution in [0.3, 0.4) is 0 Å². The van der Waals surface area contributed by atoms with Crippen molar-refractivity contribution in [1.29, 1.82) is 5.26 Å². The molecule has 0 saturated carbocycles. The van der Waals surface area contributed by atoms with E-state index in [1.807, 2.05) is 0 Å². The smallest absolute Gasteiger partial charge is 0.269 e. The van der Waals surface area contributed by atoms with Crippen LogP contribution >= 0.6 is 23.2 Å². The number of carbonyl (C=O) groups excluding carboxylic acids is 1. The van der Waals surface area contributed by atoms with Crippen molar-refractivity contribution >= 4 is 46.6 Å². The Kier molecular flexibility index (Phi) is 5.98. The van der Waals surface area contributed by atoms with Crippen LogP contribution in [-0.4, -0.2) is 10.8 Å². The number of furan rings is 1. The number of amides is 1. The van der Waals surface area contributed by atoms with Gasteiger partial charge in [0.25, 0.3) is 11.6 Å². The Morgan fingerprint density at radius 1 is 1.10 bits per heavy atom.